The topological polar surface area (TPSA) is 15.3 Å². The van der Waals surface area contributed by atoms with Gasteiger partial charge in [0.15, 0.2) is 0 Å². The van der Waals surface area contributed by atoms with E-state index in [9.17, 15) is 0 Å². The van der Waals surface area contributed by atoms with Crippen molar-refractivity contribution >= 4 is 0 Å². The second kappa shape index (κ2) is 5.71. The van der Waals surface area contributed by atoms with E-state index in [1.165, 1.54) is 58.2 Å². The molecule has 0 amide bonds. The van der Waals surface area contributed by atoms with Crippen molar-refractivity contribution in [3.8, 4) is 0 Å². The Morgan fingerprint density at radius 2 is 1.76 bits per heavy atom. The van der Waals surface area contributed by atoms with E-state index in [0.29, 0.717) is 11.5 Å². The van der Waals surface area contributed by atoms with Crippen molar-refractivity contribution in [3.63, 3.8) is 0 Å². The van der Waals surface area contributed by atoms with E-state index in [4.69, 9.17) is 0 Å². The lowest BCUT2D eigenvalue weighted by atomic mass is 9.75. The molecule has 2 fully saturated rings. The monoisotopic (exact) mass is 238 g/mol. The molecule has 1 aliphatic carbocycles. The lowest BCUT2D eigenvalue weighted by Gasteiger charge is -2.41. The van der Waals surface area contributed by atoms with Gasteiger partial charge in [0, 0.05) is 12.1 Å². The third kappa shape index (κ3) is 3.96. The molecule has 1 N–H and O–H groups in total. The third-order valence-electron chi connectivity index (χ3n) is 4.79. The van der Waals surface area contributed by atoms with Gasteiger partial charge in [0.25, 0.3) is 0 Å². The molecule has 2 heteroatoms. The van der Waals surface area contributed by atoms with Crippen LogP contribution in [0.25, 0.3) is 0 Å². The van der Waals surface area contributed by atoms with Gasteiger partial charge in [0.05, 0.1) is 0 Å². The van der Waals surface area contributed by atoms with Gasteiger partial charge >= 0.3 is 0 Å². The molecule has 1 atom stereocenters. The predicted octanol–water partition coefficient (Wildman–Crippen LogP) is 3.03. The average molecular weight is 238 g/mol. The molecule has 0 radical (unpaired) electrons. The van der Waals surface area contributed by atoms with Crippen LogP contribution in [0, 0.1) is 5.41 Å². The van der Waals surface area contributed by atoms with Crippen LogP contribution in [0.3, 0.4) is 0 Å². The number of hydrogen-bond donors (Lipinski definition) is 1. The highest BCUT2D eigenvalue weighted by atomic mass is 15.2. The molecule has 100 valence electrons. The van der Waals surface area contributed by atoms with Crippen LogP contribution in [-0.4, -0.2) is 36.6 Å². The summed E-state index contributed by atoms with van der Waals surface area (Å²) in [5.74, 6) is 0. The van der Waals surface area contributed by atoms with Crippen molar-refractivity contribution in [1.82, 2.24) is 10.2 Å². The van der Waals surface area contributed by atoms with Crippen molar-refractivity contribution in [3.05, 3.63) is 0 Å². The summed E-state index contributed by atoms with van der Waals surface area (Å²) in [4.78, 5) is 2.78. The Morgan fingerprint density at radius 1 is 1.06 bits per heavy atom. The van der Waals surface area contributed by atoms with Crippen molar-refractivity contribution in [1.29, 1.82) is 0 Å². The van der Waals surface area contributed by atoms with Gasteiger partial charge in [-0.1, -0.05) is 13.8 Å². The number of nitrogens with one attached hydrogen (secondary N) is 1. The normalized spacial score (nSPS) is 33.0. The van der Waals surface area contributed by atoms with Crippen LogP contribution in [0.5, 0.6) is 0 Å². The molecular weight excluding hydrogens is 208 g/mol. The minimum absolute atomic E-state index is 0.605. The van der Waals surface area contributed by atoms with Crippen LogP contribution in [-0.2, 0) is 0 Å². The number of rotatable bonds is 1. The van der Waals surface area contributed by atoms with E-state index in [1.807, 2.05) is 0 Å². The molecule has 0 bridgehead atoms. The molecule has 1 heterocycles. The third-order valence-corrected chi connectivity index (χ3v) is 4.79. The standard InChI is InChI=1S/C15H30N2/c1-13-7-12-17(11-4-10-16-13)14-5-8-15(2,3)9-6-14/h13-14,16H,4-12H2,1-3H3. The van der Waals surface area contributed by atoms with Crippen LogP contribution in [0.1, 0.15) is 59.3 Å². The van der Waals surface area contributed by atoms with Gasteiger partial charge in [-0.2, -0.15) is 0 Å². The molecule has 17 heavy (non-hydrogen) atoms. The molecule has 2 rings (SSSR count). The first-order valence-corrected chi connectivity index (χ1v) is 7.54. The van der Waals surface area contributed by atoms with E-state index in [0.717, 1.165) is 6.04 Å². The lowest BCUT2D eigenvalue weighted by molar-refractivity contribution is 0.0973. The summed E-state index contributed by atoms with van der Waals surface area (Å²) < 4.78 is 0. The molecule has 0 aromatic rings. The summed E-state index contributed by atoms with van der Waals surface area (Å²) in [6, 6.07) is 1.59. The molecule has 1 saturated carbocycles. The Balaban J connectivity index is 1.84. The van der Waals surface area contributed by atoms with Crippen LogP contribution in [0.15, 0.2) is 0 Å². The van der Waals surface area contributed by atoms with Gasteiger partial charge in [0.2, 0.25) is 0 Å². The van der Waals surface area contributed by atoms with Gasteiger partial charge in [-0.25, -0.2) is 0 Å². The first-order valence-electron chi connectivity index (χ1n) is 7.54. The van der Waals surface area contributed by atoms with E-state index < -0.39 is 0 Å². The van der Waals surface area contributed by atoms with Crippen molar-refractivity contribution < 1.29 is 0 Å². The Kier molecular flexibility index (Phi) is 4.48. The highest BCUT2D eigenvalue weighted by molar-refractivity contribution is 4.85. The van der Waals surface area contributed by atoms with Crippen molar-refractivity contribution in [2.75, 3.05) is 19.6 Å². The molecule has 0 spiro atoms. The highest BCUT2D eigenvalue weighted by Crippen LogP contribution is 2.37. The smallest absolute Gasteiger partial charge is 0.00956 e. The quantitative estimate of drug-likeness (QED) is 0.755. The summed E-state index contributed by atoms with van der Waals surface area (Å²) >= 11 is 0. The summed E-state index contributed by atoms with van der Waals surface area (Å²) in [7, 11) is 0. The van der Waals surface area contributed by atoms with Gasteiger partial charge in [0.1, 0.15) is 0 Å². The molecular formula is C15H30N2. The molecule has 1 unspecified atom stereocenters. The lowest BCUT2D eigenvalue weighted by Crippen LogP contribution is -2.45. The van der Waals surface area contributed by atoms with Crippen LogP contribution >= 0.6 is 0 Å². The summed E-state index contributed by atoms with van der Waals surface area (Å²) in [6.45, 7) is 11.0. The zero-order valence-electron chi connectivity index (χ0n) is 12.0. The fourth-order valence-corrected chi connectivity index (χ4v) is 3.32. The Hall–Kier alpha value is -0.0800. The second-order valence-corrected chi connectivity index (χ2v) is 6.93. The maximum Gasteiger partial charge on any atom is 0.00956 e. The molecule has 1 aliphatic heterocycles. The first-order chi connectivity index (χ1) is 8.07. The fraction of sp³-hybridized carbons (Fsp3) is 1.00. The average Bonchev–Trinajstić information content (AvgIpc) is 2.25. The summed E-state index contributed by atoms with van der Waals surface area (Å²) in [5.41, 5.74) is 0.605. The van der Waals surface area contributed by atoms with Gasteiger partial charge in [-0.05, 0) is 70.5 Å². The summed E-state index contributed by atoms with van der Waals surface area (Å²) in [6.07, 6.45) is 8.33. The number of nitrogens with zero attached hydrogens (tertiary/aromatic N) is 1. The Labute approximate surface area is 107 Å². The maximum atomic E-state index is 3.59. The van der Waals surface area contributed by atoms with E-state index in [1.54, 1.807) is 0 Å². The van der Waals surface area contributed by atoms with E-state index in [2.05, 4.69) is 31.0 Å². The summed E-state index contributed by atoms with van der Waals surface area (Å²) in [5, 5.41) is 3.59. The van der Waals surface area contributed by atoms with Crippen LogP contribution in [0.4, 0.5) is 0 Å². The minimum Gasteiger partial charge on any atom is -0.314 e. The maximum absolute atomic E-state index is 3.59. The zero-order valence-corrected chi connectivity index (χ0v) is 12.0. The highest BCUT2D eigenvalue weighted by Gasteiger charge is 2.30. The van der Waals surface area contributed by atoms with E-state index >= 15 is 0 Å². The van der Waals surface area contributed by atoms with Gasteiger partial charge in [-0.15, -0.1) is 0 Å². The second-order valence-electron chi connectivity index (χ2n) is 6.93. The van der Waals surface area contributed by atoms with Gasteiger partial charge in [-0.3, -0.25) is 0 Å². The fourth-order valence-electron chi connectivity index (χ4n) is 3.32. The molecule has 0 aromatic heterocycles. The molecule has 0 aromatic carbocycles. The van der Waals surface area contributed by atoms with Gasteiger partial charge < -0.3 is 10.2 Å². The van der Waals surface area contributed by atoms with Crippen molar-refractivity contribution in [2.24, 2.45) is 5.41 Å². The minimum atomic E-state index is 0.605. The molecule has 2 aliphatic rings. The zero-order chi connectivity index (χ0) is 12.3. The predicted molar refractivity (Wildman–Crippen MR) is 74.3 cm³/mol. The van der Waals surface area contributed by atoms with E-state index in [-0.39, 0.29) is 0 Å². The van der Waals surface area contributed by atoms with Crippen molar-refractivity contribution in [2.45, 2.75) is 71.4 Å². The van der Waals surface area contributed by atoms with Crippen LogP contribution in [0.2, 0.25) is 0 Å². The SMILES string of the molecule is CC1CCN(C2CCC(C)(C)CC2)CCCN1. The molecule has 1 saturated heterocycles. The van der Waals surface area contributed by atoms with Crippen LogP contribution < -0.4 is 5.32 Å². The largest absolute Gasteiger partial charge is 0.314 e. The first kappa shape index (κ1) is 13.4. The Bertz CT molecular complexity index is 227. The Morgan fingerprint density at radius 3 is 2.47 bits per heavy atom. The molecule has 2 nitrogen and oxygen atoms in total. The number of hydrogen-bond acceptors (Lipinski definition) is 2.